The van der Waals surface area contributed by atoms with Gasteiger partial charge in [0.1, 0.15) is 5.82 Å². The summed E-state index contributed by atoms with van der Waals surface area (Å²) in [7, 11) is 1.64. The number of nitrogens with one attached hydrogen (secondary N) is 2. The van der Waals surface area contributed by atoms with Crippen LogP contribution in [0.25, 0.3) is 0 Å². The van der Waals surface area contributed by atoms with Gasteiger partial charge in [0.2, 0.25) is 0 Å². The van der Waals surface area contributed by atoms with E-state index in [-0.39, 0.29) is 29.6 Å². The molecule has 0 radical (unpaired) electrons. The smallest absolute Gasteiger partial charge is 0.254 e. The van der Waals surface area contributed by atoms with Crippen molar-refractivity contribution >= 4 is 11.2 Å². The van der Waals surface area contributed by atoms with E-state index in [2.05, 4.69) is 9.44 Å². The quantitative estimate of drug-likeness (QED) is 0.665. The molecule has 4 rings (SSSR count). The van der Waals surface area contributed by atoms with Crippen molar-refractivity contribution in [1.82, 2.24) is 14.0 Å². The summed E-state index contributed by atoms with van der Waals surface area (Å²) < 4.78 is 39.7. The van der Waals surface area contributed by atoms with Crippen molar-refractivity contribution in [3.8, 4) is 0 Å². The summed E-state index contributed by atoms with van der Waals surface area (Å²) in [5, 5.41) is 0. The highest BCUT2D eigenvalue weighted by molar-refractivity contribution is 7.81. The fourth-order valence-electron chi connectivity index (χ4n) is 5.02. The SMILES string of the molecule is CNS(=O)NC1CCc2ccc(C)c(=O)n2C1COC1CCC(c2cccc(F)c2)CC1. The largest absolute Gasteiger partial charge is 0.376 e. The number of hydrogen-bond donors (Lipinski definition) is 2. The molecule has 8 heteroatoms. The number of benzene rings is 1. The molecule has 1 aromatic carbocycles. The minimum absolute atomic E-state index is 0.00680. The van der Waals surface area contributed by atoms with E-state index in [9.17, 15) is 13.4 Å². The predicted molar refractivity (Wildman–Crippen MR) is 124 cm³/mol. The van der Waals surface area contributed by atoms with Crippen molar-refractivity contribution in [2.45, 2.75) is 69.6 Å². The summed E-state index contributed by atoms with van der Waals surface area (Å²) in [5.74, 6) is 0.175. The van der Waals surface area contributed by atoms with Gasteiger partial charge in [-0.05, 0) is 82.2 Å². The molecule has 32 heavy (non-hydrogen) atoms. The second-order valence-corrected chi connectivity index (χ2v) is 10.0. The molecular formula is C24H32FN3O3S. The van der Waals surface area contributed by atoms with Crippen molar-refractivity contribution in [1.29, 1.82) is 0 Å². The number of aryl methyl sites for hydroxylation is 2. The maximum atomic E-state index is 13.6. The van der Waals surface area contributed by atoms with E-state index in [4.69, 9.17) is 4.74 Å². The summed E-state index contributed by atoms with van der Waals surface area (Å²) in [6.07, 6.45) is 5.38. The van der Waals surface area contributed by atoms with Crippen molar-refractivity contribution in [3.63, 3.8) is 0 Å². The minimum Gasteiger partial charge on any atom is -0.376 e. The Morgan fingerprint density at radius 2 is 1.94 bits per heavy atom. The summed E-state index contributed by atoms with van der Waals surface area (Å²) in [6.45, 7) is 2.22. The van der Waals surface area contributed by atoms with Gasteiger partial charge >= 0.3 is 0 Å². The lowest BCUT2D eigenvalue weighted by molar-refractivity contribution is -0.00163. The maximum absolute atomic E-state index is 13.6. The Kier molecular flexibility index (Phi) is 7.55. The second kappa shape index (κ2) is 10.4. The summed E-state index contributed by atoms with van der Waals surface area (Å²) in [6, 6.07) is 10.4. The van der Waals surface area contributed by atoms with Gasteiger partial charge in [-0.1, -0.05) is 18.2 Å². The molecule has 6 nitrogen and oxygen atoms in total. The van der Waals surface area contributed by atoms with Gasteiger partial charge in [0, 0.05) is 17.3 Å². The van der Waals surface area contributed by atoms with E-state index in [1.807, 2.05) is 29.7 Å². The first-order valence-electron chi connectivity index (χ1n) is 11.4. The molecular weight excluding hydrogens is 429 g/mol. The number of ether oxygens (including phenoxy) is 1. The predicted octanol–water partition coefficient (Wildman–Crippen LogP) is 3.28. The van der Waals surface area contributed by atoms with Gasteiger partial charge in [-0.3, -0.25) is 4.79 Å². The van der Waals surface area contributed by atoms with E-state index >= 15 is 0 Å². The molecule has 2 heterocycles. The number of pyridine rings is 1. The van der Waals surface area contributed by atoms with Crippen LogP contribution in [0.1, 0.15) is 60.9 Å². The van der Waals surface area contributed by atoms with Crippen LogP contribution >= 0.6 is 0 Å². The summed E-state index contributed by atoms with van der Waals surface area (Å²) in [5.41, 5.74) is 2.75. The van der Waals surface area contributed by atoms with E-state index in [1.54, 1.807) is 19.2 Å². The third kappa shape index (κ3) is 5.20. The van der Waals surface area contributed by atoms with Crippen LogP contribution in [0.3, 0.4) is 0 Å². The molecule has 2 aliphatic rings. The lowest BCUT2D eigenvalue weighted by Gasteiger charge is -2.37. The van der Waals surface area contributed by atoms with Gasteiger partial charge in [0.15, 0.2) is 11.2 Å². The zero-order chi connectivity index (χ0) is 22.7. The van der Waals surface area contributed by atoms with Crippen molar-refractivity contribution in [3.05, 3.63) is 69.4 Å². The Labute approximate surface area is 191 Å². The van der Waals surface area contributed by atoms with Crippen molar-refractivity contribution in [2.24, 2.45) is 0 Å². The molecule has 0 amide bonds. The first-order valence-corrected chi connectivity index (χ1v) is 12.5. The van der Waals surface area contributed by atoms with Crippen LogP contribution in [0, 0.1) is 12.7 Å². The Morgan fingerprint density at radius 3 is 2.66 bits per heavy atom. The molecule has 1 aliphatic heterocycles. The fourth-order valence-corrected chi connectivity index (χ4v) is 5.69. The van der Waals surface area contributed by atoms with E-state index in [0.29, 0.717) is 18.1 Å². The third-order valence-electron chi connectivity index (χ3n) is 6.84. The molecule has 0 bridgehead atoms. The average molecular weight is 462 g/mol. The van der Waals surface area contributed by atoms with Gasteiger partial charge in [-0.25, -0.2) is 18.0 Å². The summed E-state index contributed by atoms with van der Waals surface area (Å²) in [4.78, 5) is 13.0. The first-order chi connectivity index (χ1) is 15.5. The topological polar surface area (TPSA) is 72.4 Å². The van der Waals surface area contributed by atoms with Crippen molar-refractivity contribution < 1.29 is 13.3 Å². The zero-order valence-electron chi connectivity index (χ0n) is 18.7. The number of halogens is 1. The highest BCUT2D eigenvalue weighted by Crippen LogP contribution is 2.35. The summed E-state index contributed by atoms with van der Waals surface area (Å²) >= 11 is -1.37. The van der Waals surface area contributed by atoms with Gasteiger partial charge in [0.25, 0.3) is 5.56 Å². The van der Waals surface area contributed by atoms with Crippen LogP contribution in [0.5, 0.6) is 0 Å². The monoisotopic (exact) mass is 461 g/mol. The molecule has 2 aromatic rings. The van der Waals surface area contributed by atoms with Crippen LogP contribution in [0.4, 0.5) is 4.39 Å². The number of aromatic nitrogens is 1. The molecule has 2 N–H and O–H groups in total. The fraction of sp³-hybridized carbons (Fsp3) is 0.542. The standard InChI is InChI=1S/C24H32FN3O3S/c1-16-6-9-20-10-13-22(27-32(30)26-2)23(28(20)24(16)29)15-31-21-11-7-17(8-12-21)18-4-3-5-19(25)14-18/h3-6,9,14,17,21-23,26-27H,7-8,10-13,15H2,1-2H3. The Hall–Kier alpha value is -1.87. The highest BCUT2D eigenvalue weighted by atomic mass is 32.2. The van der Waals surface area contributed by atoms with E-state index < -0.39 is 11.2 Å². The van der Waals surface area contributed by atoms with Crippen LogP contribution in [0.15, 0.2) is 41.2 Å². The molecule has 3 unspecified atom stereocenters. The van der Waals surface area contributed by atoms with Gasteiger partial charge in [-0.2, -0.15) is 0 Å². The maximum Gasteiger partial charge on any atom is 0.254 e. The Morgan fingerprint density at radius 1 is 1.16 bits per heavy atom. The van der Waals surface area contributed by atoms with Gasteiger partial charge in [-0.15, -0.1) is 0 Å². The average Bonchev–Trinajstić information content (AvgIpc) is 2.81. The van der Waals surface area contributed by atoms with Crippen LogP contribution in [-0.2, 0) is 22.3 Å². The zero-order valence-corrected chi connectivity index (χ0v) is 19.5. The molecule has 1 aliphatic carbocycles. The second-order valence-electron chi connectivity index (χ2n) is 8.85. The number of nitrogens with zero attached hydrogens (tertiary/aromatic N) is 1. The van der Waals surface area contributed by atoms with E-state index in [1.165, 1.54) is 6.07 Å². The first kappa shape index (κ1) is 23.3. The van der Waals surface area contributed by atoms with Gasteiger partial charge in [0.05, 0.1) is 18.8 Å². The molecule has 0 spiro atoms. The van der Waals surface area contributed by atoms with Crippen LogP contribution in [0.2, 0.25) is 0 Å². The highest BCUT2D eigenvalue weighted by Gasteiger charge is 2.33. The molecule has 1 aromatic heterocycles. The molecule has 0 saturated heterocycles. The molecule has 3 atom stereocenters. The molecule has 1 saturated carbocycles. The Bertz CT molecular complexity index is 1020. The third-order valence-corrected chi connectivity index (χ3v) is 7.73. The van der Waals surface area contributed by atoms with Crippen LogP contribution < -0.4 is 15.0 Å². The minimum atomic E-state index is -1.37. The lowest BCUT2D eigenvalue weighted by atomic mass is 9.82. The van der Waals surface area contributed by atoms with E-state index in [0.717, 1.165) is 49.8 Å². The molecule has 1 fully saturated rings. The number of fused-ring (bicyclic) bond motifs is 1. The Balaban J connectivity index is 1.44. The normalized spacial score (nSPS) is 26.5. The lowest BCUT2D eigenvalue weighted by Crippen LogP contribution is -2.50. The number of hydrogen-bond acceptors (Lipinski definition) is 3. The molecule has 174 valence electrons. The van der Waals surface area contributed by atoms with Crippen LogP contribution in [-0.4, -0.2) is 34.6 Å². The van der Waals surface area contributed by atoms with Gasteiger partial charge < -0.3 is 9.30 Å². The number of rotatable bonds is 7. The van der Waals surface area contributed by atoms with Crippen molar-refractivity contribution in [2.75, 3.05) is 13.7 Å².